The van der Waals surface area contributed by atoms with Crippen LogP contribution in [0.1, 0.15) is 12.0 Å². The molecule has 0 bridgehead atoms. The van der Waals surface area contributed by atoms with Crippen LogP contribution in [0.5, 0.6) is 0 Å². The first-order chi connectivity index (χ1) is 7.91. The smallest absolute Gasteiger partial charge is 0.243 e. The molecule has 6 heteroatoms. The van der Waals surface area contributed by atoms with Gasteiger partial charge in [-0.25, -0.2) is 8.42 Å². The average molecular weight is 256 g/mol. The van der Waals surface area contributed by atoms with Gasteiger partial charge in [-0.3, -0.25) is 0 Å². The number of β-amino-alcohol motifs (C(OH)–C–C–N with tert-alkyl or cyclic N) is 1. The van der Waals surface area contributed by atoms with Gasteiger partial charge in [0.2, 0.25) is 10.0 Å². The Labute approximate surface area is 101 Å². The molecule has 1 saturated heterocycles. The zero-order valence-electron chi connectivity index (χ0n) is 9.63. The molecule has 0 spiro atoms. The Morgan fingerprint density at radius 2 is 2.18 bits per heavy atom. The number of hydrogen-bond acceptors (Lipinski definition) is 4. The van der Waals surface area contributed by atoms with E-state index in [4.69, 9.17) is 5.73 Å². The number of benzene rings is 1. The number of aryl methyl sites for hydroxylation is 1. The normalized spacial score (nSPS) is 21.9. The molecule has 0 aliphatic carbocycles. The van der Waals surface area contributed by atoms with Crippen LogP contribution in [0.2, 0.25) is 0 Å². The summed E-state index contributed by atoms with van der Waals surface area (Å²) in [7, 11) is -3.49. The third kappa shape index (κ3) is 2.29. The number of sulfonamides is 1. The van der Waals surface area contributed by atoms with Crippen LogP contribution in [0.25, 0.3) is 0 Å². The minimum atomic E-state index is -3.49. The maximum absolute atomic E-state index is 12.2. The molecule has 1 aliphatic heterocycles. The van der Waals surface area contributed by atoms with Crippen LogP contribution in [0, 0.1) is 6.92 Å². The van der Waals surface area contributed by atoms with Gasteiger partial charge in [-0.1, -0.05) is 0 Å². The predicted molar refractivity (Wildman–Crippen MR) is 65.0 cm³/mol. The van der Waals surface area contributed by atoms with Gasteiger partial charge in [-0.05, 0) is 37.1 Å². The second-order valence-corrected chi connectivity index (χ2v) is 6.26. The molecule has 1 heterocycles. The van der Waals surface area contributed by atoms with E-state index in [1.807, 2.05) is 0 Å². The summed E-state index contributed by atoms with van der Waals surface area (Å²) >= 11 is 0. The highest BCUT2D eigenvalue weighted by molar-refractivity contribution is 7.89. The molecular formula is C11H16N2O3S. The summed E-state index contributed by atoms with van der Waals surface area (Å²) in [5.41, 5.74) is 6.98. The van der Waals surface area contributed by atoms with E-state index in [-0.39, 0.29) is 11.4 Å². The van der Waals surface area contributed by atoms with Gasteiger partial charge < -0.3 is 10.8 Å². The van der Waals surface area contributed by atoms with E-state index in [0.717, 1.165) is 5.56 Å². The monoisotopic (exact) mass is 256 g/mol. The fourth-order valence-corrected chi connectivity index (χ4v) is 3.46. The zero-order chi connectivity index (χ0) is 12.6. The average Bonchev–Trinajstić information content (AvgIpc) is 2.69. The Balaban J connectivity index is 2.35. The number of nitrogen functional groups attached to an aromatic ring is 1. The first-order valence-electron chi connectivity index (χ1n) is 5.45. The molecule has 1 aliphatic rings. The van der Waals surface area contributed by atoms with Crippen molar-refractivity contribution in [2.75, 3.05) is 18.8 Å². The number of nitrogens with two attached hydrogens (primary N) is 1. The highest BCUT2D eigenvalue weighted by Crippen LogP contribution is 2.23. The molecule has 0 aromatic heterocycles. The Morgan fingerprint density at radius 1 is 1.47 bits per heavy atom. The van der Waals surface area contributed by atoms with Gasteiger partial charge >= 0.3 is 0 Å². The van der Waals surface area contributed by atoms with Gasteiger partial charge in [0.15, 0.2) is 0 Å². The minimum Gasteiger partial charge on any atom is -0.399 e. The van der Waals surface area contributed by atoms with Crippen molar-refractivity contribution in [1.29, 1.82) is 0 Å². The number of aliphatic hydroxyl groups excluding tert-OH is 1. The number of aliphatic hydroxyl groups is 1. The molecule has 1 atom stereocenters. The Bertz CT molecular complexity index is 528. The van der Waals surface area contributed by atoms with Crippen LogP contribution >= 0.6 is 0 Å². The molecule has 1 unspecified atom stereocenters. The summed E-state index contributed by atoms with van der Waals surface area (Å²) in [5, 5.41) is 9.38. The summed E-state index contributed by atoms with van der Waals surface area (Å²) in [6, 6.07) is 4.66. The SMILES string of the molecule is Cc1cc(S(=O)(=O)N2CCC(O)C2)ccc1N. The van der Waals surface area contributed by atoms with Crippen molar-refractivity contribution in [3.8, 4) is 0 Å². The topological polar surface area (TPSA) is 83.6 Å². The van der Waals surface area contributed by atoms with E-state index in [1.165, 1.54) is 10.4 Å². The molecule has 1 aromatic carbocycles. The molecule has 2 rings (SSSR count). The van der Waals surface area contributed by atoms with Crippen molar-refractivity contribution in [2.45, 2.75) is 24.3 Å². The van der Waals surface area contributed by atoms with Crippen molar-refractivity contribution in [3.63, 3.8) is 0 Å². The number of anilines is 1. The second kappa shape index (κ2) is 4.29. The van der Waals surface area contributed by atoms with E-state index < -0.39 is 16.1 Å². The lowest BCUT2D eigenvalue weighted by molar-refractivity contribution is 0.189. The first kappa shape index (κ1) is 12.3. The van der Waals surface area contributed by atoms with Crippen LogP contribution in [0.15, 0.2) is 23.1 Å². The lowest BCUT2D eigenvalue weighted by atomic mass is 10.2. The first-order valence-corrected chi connectivity index (χ1v) is 6.89. The standard InChI is InChI=1S/C11H16N2O3S/c1-8-6-10(2-3-11(8)12)17(15,16)13-5-4-9(14)7-13/h2-3,6,9,14H,4-5,7,12H2,1H3. The van der Waals surface area contributed by atoms with Gasteiger partial charge in [-0.2, -0.15) is 4.31 Å². The van der Waals surface area contributed by atoms with Crippen LogP contribution in [0.3, 0.4) is 0 Å². The molecule has 1 aromatic rings. The molecule has 0 radical (unpaired) electrons. The highest BCUT2D eigenvalue weighted by Gasteiger charge is 2.31. The molecule has 94 valence electrons. The van der Waals surface area contributed by atoms with Crippen molar-refractivity contribution in [3.05, 3.63) is 23.8 Å². The number of nitrogens with zero attached hydrogens (tertiary/aromatic N) is 1. The zero-order valence-corrected chi connectivity index (χ0v) is 10.4. The second-order valence-electron chi connectivity index (χ2n) is 4.32. The van der Waals surface area contributed by atoms with Gasteiger partial charge in [0.1, 0.15) is 0 Å². The number of rotatable bonds is 2. The molecular weight excluding hydrogens is 240 g/mol. The van der Waals surface area contributed by atoms with Gasteiger partial charge in [0, 0.05) is 18.8 Å². The van der Waals surface area contributed by atoms with Crippen LogP contribution in [-0.2, 0) is 10.0 Å². The fraction of sp³-hybridized carbons (Fsp3) is 0.455. The van der Waals surface area contributed by atoms with Gasteiger partial charge in [-0.15, -0.1) is 0 Å². The van der Waals surface area contributed by atoms with Crippen LogP contribution in [0.4, 0.5) is 5.69 Å². The van der Waals surface area contributed by atoms with Crippen molar-refractivity contribution < 1.29 is 13.5 Å². The molecule has 1 fully saturated rings. The van der Waals surface area contributed by atoms with E-state index in [9.17, 15) is 13.5 Å². The van der Waals surface area contributed by atoms with Crippen LogP contribution < -0.4 is 5.73 Å². The maximum Gasteiger partial charge on any atom is 0.243 e. The Morgan fingerprint density at radius 3 is 2.71 bits per heavy atom. The summed E-state index contributed by atoms with van der Waals surface area (Å²) in [4.78, 5) is 0.235. The fourth-order valence-electron chi connectivity index (χ4n) is 1.89. The highest BCUT2D eigenvalue weighted by atomic mass is 32.2. The summed E-state index contributed by atoms with van der Waals surface area (Å²) in [6.45, 7) is 2.31. The van der Waals surface area contributed by atoms with Crippen molar-refractivity contribution in [2.24, 2.45) is 0 Å². The van der Waals surface area contributed by atoms with Gasteiger partial charge in [0.05, 0.1) is 11.0 Å². The van der Waals surface area contributed by atoms with Gasteiger partial charge in [0.25, 0.3) is 0 Å². The number of hydrogen-bond donors (Lipinski definition) is 2. The molecule has 17 heavy (non-hydrogen) atoms. The summed E-state index contributed by atoms with van der Waals surface area (Å²) in [6.07, 6.45) is -0.0626. The van der Waals surface area contributed by atoms with E-state index >= 15 is 0 Å². The van der Waals surface area contributed by atoms with Crippen molar-refractivity contribution >= 4 is 15.7 Å². The third-order valence-corrected chi connectivity index (χ3v) is 4.87. The summed E-state index contributed by atoms with van der Waals surface area (Å²) in [5.74, 6) is 0. The largest absolute Gasteiger partial charge is 0.399 e. The lowest BCUT2D eigenvalue weighted by Crippen LogP contribution is -2.29. The van der Waals surface area contributed by atoms with E-state index in [2.05, 4.69) is 0 Å². The third-order valence-electron chi connectivity index (χ3n) is 3.01. The van der Waals surface area contributed by atoms with Crippen molar-refractivity contribution in [1.82, 2.24) is 4.31 Å². The molecule has 3 N–H and O–H groups in total. The molecule has 5 nitrogen and oxygen atoms in total. The van der Waals surface area contributed by atoms with E-state index in [1.54, 1.807) is 19.1 Å². The summed E-state index contributed by atoms with van der Waals surface area (Å²) < 4.78 is 25.7. The predicted octanol–water partition coefficient (Wildman–Crippen LogP) is 0.333. The Hall–Kier alpha value is -1.11. The quantitative estimate of drug-likeness (QED) is 0.747. The molecule has 0 saturated carbocycles. The molecule has 0 amide bonds. The van der Waals surface area contributed by atoms with Crippen LogP contribution in [-0.4, -0.2) is 37.0 Å². The maximum atomic E-state index is 12.2. The lowest BCUT2D eigenvalue weighted by Gasteiger charge is -2.16. The minimum absolute atomic E-state index is 0.172. The van der Waals surface area contributed by atoms with E-state index in [0.29, 0.717) is 18.7 Å². The Kier molecular flexibility index (Phi) is 3.11.